The number of nitrogens with two attached hydrogens (primary N) is 1. The SMILES string of the molecule is CCC1CCCC(CN)(Cc2ccc(C(F)(F)F)cc2)C1. The van der Waals surface area contributed by atoms with E-state index in [1.807, 2.05) is 0 Å². The van der Waals surface area contributed by atoms with Gasteiger partial charge in [-0.25, -0.2) is 0 Å². The molecule has 21 heavy (non-hydrogen) atoms. The van der Waals surface area contributed by atoms with Gasteiger partial charge in [0.25, 0.3) is 0 Å². The Hall–Kier alpha value is -1.03. The van der Waals surface area contributed by atoms with E-state index in [1.165, 1.54) is 25.0 Å². The van der Waals surface area contributed by atoms with Crippen LogP contribution in [-0.2, 0) is 12.6 Å². The highest BCUT2D eigenvalue weighted by molar-refractivity contribution is 5.25. The maximum atomic E-state index is 12.6. The smallest absolute Gasteiger partial charge is 0.330 e. The molecular weight excluding hydrogens is 275 g/mol. The van der Waals surface area contributed by atoms with E-state index in [0.717, 1.165) is 31.2 Å². The van der Waals surface area contributed by atoms with Crippen molar-refractivity contribution in [2.24, 2.45) is 17.1 Å². The predicted molar refractivity (Wildman–Crippen MR) is 78.9 cm³/mol. The van der Waals surface area contributed by atoms with Crippen LogP contribution in [0.25, 0.3) is 0 Å². The molecule has 1 aliphatic rings. The Labute approximate surface area is 124 Å². The largest absolute Gasteiger partial charge is 0.416 e. The summed E-state index contributed by atoms with van der Waals surface area (Å²) in [5.41, 5.74) is 6.47. The van der Waals surface area contributed by atoms with Gasteiger partial charge in [-0.2, -0.15) is 13.2 Å². The molecule has 1 aromatic rings. The first kappa shape index (κ1) is 16.3. The molecule has 0 bridgehead atoms. The summed E-state index contributed by atoms with van der Waals surface area (Å²) in [6.07, 6.45) is 2.30. The Morgan fingerprint density at radius 3 is 2.43 bits per heavy atom. The summed E-state index contributed by atoms with van der Waals surface area (Å²) < 4.78 is 37.8. The summed E-state index contributed by atoms with van der Waals surface area (Å²) in [7, 11) is 0. The van der Waals surface area contributed by atoms with Crippen LogP contribution >= 0.6 is 0 Å². The van der Waals surface area contributed by atoms with Crippen LogP contribution < -0.4 is 5.73 Å². The highest BCUT2D eigenvalue weighted by Gasteiger charge is 2.35. The van der Waals surface area contributed by atoms with Gasteiger partial charge in [0.2, 0.25) is 0 Å². The lowest BCUT2D eigenvalue weighted by Crippen LogP contribution is -2.37. The van der Waals surface area contributed by atoms with E-state index in [1.54, 1.807) is 12.1 Å². The Morgan fingerprint density at radius 2 is 1.90 bits per heavy atom. The third-order valence-corrected chi connectivity index (χ3v) is 4.91. The first-order valence-corrected chi connectivity index (χ1v) is 7.75. The molecule has 1 nitrogen and oxygen atoms in total. The van der Waals surface area contributed by atoms with E-state index in [4.69, 9.17) is 5.73 Å². The number of rotatable bonds is 4. The van der Waals surface area contributed by atoms with Gasteiger partial charge in [0.05, 0.1) is 5.56 Å². The second kappa shape index (κ2) is 6.39. The topological polar surface area (TPSA) is 26.0 Å². The molecule has 0 saturated heterocycles. The molecule has 2 unspecified atom stereocenters. The van der Waals surface area contributed by atoms with E-state index in [2.05, 4.69) is 6.92 Å². The van der Waals surface area contributed by atoms with Crippen LogP contribution in [-0.4, -0.2) is 6.54 Å². The fourth-order valence-corrected chi connectivity index (χ4v) is 3.59. The zero-order valence-electron chi connectivity index (χ0n) is 12.5. The normalized spacial score (nSPS) is 26.8. The summed E-state index contributed by atoms with van der Waals surface area (Å²) in [6, 6.07) is 5.57. The minimum Gasteiger partial charge on any atom is -0.330 e. The summed E-state index contributed by atoms with van der Waals surface area (Å²) in [5, 5.41) is 0. The van der Waals surface area contributed by atoms with Crippen LogP contribution in [0.15, 0.2) is 24.3 Å². The van der Waals surface area contributed by atoms with E-state index < -0.39 is 11.7 Å². The van der Waals surface area contributed by atoms with E-state index in [9.17, 15) is 13.2 Å². The van der Waals surface area contributed by atoms with Gasteiger partial charge in [0.15, 0.2) is 0 Å². The molecule has 4 heteroatoms. The van der Waals surface area contributed by atoms with Crippen molar-refractivity contribution in [3.05, 3.63) is 35.4 Å². The molecule has 0 heterocycles. The van der Waals surface area contributed by atoms with Crippen LogP contribution in [0.3, 0.4) is 0 Å². The highest BCUT2D eigenvalue weighted by atomic mass is 19.4. The molecule has 1 saturated carbocycles. The first-order valence-electron chi connectivity index (χ1n) is 7.75. The van der Waals surface area contributed by atoms with Crippen LogP contribution in [0.2, 0.25) is 0 Å². The summed E-state index contributed by atoms with van der Waals surface area (Å²) in [4.78, 5) is 0. The monoisotopic (exact) mass is 299 g/mol. The van der Waals surface area contributed by atoms with Gasteiger partial charge in [-0.15, -0.1) is 0 Å². The van der Waals surface area contributed by atoms with Crippen LogP contribution in [0.4, 0.5) is 13.2 Å². The molecule has 2 rings (SSSR count). The average Bonchev–Trinajstić information content (AvgIpc) is 2.47. The Morgan fingerprint density at radius 1 is 1.24 bits per heavy atom. The Bertz CT molecular complexity index is 452. The van der Waals surface area contributed by atoms with Crippen LogP contribution in [0.5, 0.6) is 0 Å². The van der Waals surface area contributed by atoms with Gasteiger partial charge in [0, 0.05) is 0 Å². The molecule has 0 radical (unpaired) electrons. The molecule has 0 aliphatic heterocycles. The van der Waals surface area contributed by atoms with Crippen molar-refractivity contribution in [2.45, 2.75) is 51.6 Å². The third-order valence-electron chi connectivity index (χ3n) is 4.91. The minimum absolute atomic E-state index is 0.0681. The Kier molecular flexibility index (Phi) is 4.97. The number of halogens is 3. The van der Waals surface area contributed by atoms with Crippen LogP contribution in [0.1, 0.15) is 50.2 Å². The summed E-state index contributed by atoms with van der Waals surface area (Å²) in [6.45, 7) is 2.82. The van der Waals surface area contributed by atoms with Crippen molar-refractivity contribution in [1.29, 1.82) is 0 Å². The fourth-order valence-electron chi connectivity index (χ4n) is 3.59. The highest BCUT2D eigenvalue weighted by Crippen LogP contribution is 2.42. The van der Waals surface area contributed by atoms with Crippen molar-refractivity contribution in [1.82, 2.24) is 0 Å². The standard InChI is InChI=1S/C17H24F3N/c1-2-13-4-3-9-16(10-13,12-21)11-14-5-7-15(8-6-14)17(18,19)20/h5-8,13H,2-4,9-12,21H2,1H3. The Balaban J connectivity index is 2.11. The van der Waals surface area contributed by atoms with Gasteiger partial charge in [0.1, 0.15) is 0 Å². The van der Waals surface area contributed by atoms with Gasteiger partial charge < -0.3 is 5.73 Å². The van der Waals surface area contributed by atoms with Crippen molar-refractivity contribution in [3.8, 4) is 0 Å². The zero-order chi connectivity index (χ0) is 15.5. The van der Waals surface area contributed by atoms with Crippen molar-refractivity contribution in [2.75, 3.05) is 6.54 Å². The average molecular weight is 299 g/mol. The van der Waals surface area contributed by atoms with Crippen molar-refractivity contribution in [3.63, 3.8) is 0 Å². The van der Waals surface area contributed by atoms with E-state index in [-0.39, 0.29) is 5.41 Å². The van der Waals surface area contributed by atoms with Gasteiger partial charge >= 0.3 is 6.18 Å². The van der Waals surface area contributed by atoms with Gasteiger partial charge in [-0.3, -0.25) is 0 Å². The minimum atomic E-state index is -4.26. The maximum absolute atomic E-state index is 12.6. The second-order valence-corrected chi connectivity index (χ2v) is 6.45. The molecule has 0 spiro atoms. The molecule has 0 amide bonds. The predicted octanol–water partition coefficient (Wildman–Crippen LogP) is 4.79. The number of hydrogen-bond donors (Lipinski definition) is 1. The quantitative estimate of drug-likeness (QED) is 0.849. The van der Waals surface area contributed by atoms with Gasteiger partial charge in [-0.05, 0) is 54.8 Å². The lowest BCUT2D eigenvalue weighted by Gasteiger charge is -2.40. The lowest BCUT2D eigenvalue weighted by molar-refractivity contribution is -0.137. The molecule has 0 aromatic heterocycles. The summed E-state index contributed by atoms with van der Waals surface area (Å²) >= 11 is 0. The maximum Gasteiger partial charge on any atom is 0.416 e. The molecule has 1 aliphatic carbocycles. The molecule has 2 atom stereocenters. The van der Waals surface area contributed by atoms with Gasteiger partial charge in [-0.1, -0.05) is 38.3 Å². The van der Waals surface area contributed by atoms with Crippen molar-refractivity contribution < 1.29 is 13.2 Å². The lowest BCUT2D eigenvalue weighted by atomic mass is 9.66. The van der Waals surface area contributed by atoms with E-state index >= 15 is 0 Å². The molecular formula is C17H24F3N. The number of hydrogen-bond acceptors (Lipinski definition) is 1. The first-order chi connectivity index (χ1) is 9.88. The fraction of sp³-hybridized carbons (Fsp3) is 0.647. The number of alkyl halides is 3. The molecule has 1 aromatic carbocycles. The number of benzene rings is 1. The molecule has 118 valence electrons. The van der Waals surface area contributed by atoms with Crippen molar-refractivity contribution >= 4 is 0 Å². The second-order valence-electron chi connectivity index (χ2n) is 6.45. The zero-order valence-corrected chi connectivity index (χ0v) is 12.5. The molecule has 2 N–H and O–H groups in total. The van der Waals surface area contributed by atoms with E-state index in [0.29, 0.717) is 12.5 Å². The van der Waals surface area contributed by atoms with Crippen LogP contribution in [0, 0.1) is 11.3 Å². The summed E-state index contributed by atoms with van der Waals surface area (Å²) in [5.74, 6) is 0.705. The molecule has 1 fully saturated rings. The third kappa shape index (κ3) is 4.00.